The third kappa shape index (κ3) is 2.38. The van der Waals surface area contributed by atoms with Gasteiger partial charge in [-0.05, 0) is 47.9 Å². The summed E-state index contributed by atoms with van der Waals surface area (Å²) in [6.45, 7) is 1.80. The first-order valence-electron chi connectivity index (χ1n) is 6.29. The van der Waals surface area contributed by atoms with E-state index >= 15 is 0 Å². The van der Waals surface area contributed by atoms with E-state index in [9.17, 15) is 9.50 Å². The van der Waals surface area contributed by atoms with E-state index in [1.165, 1.54) is 12.1 Å². The monoisotopic (exact) mass is 268 g/mol. The molecule has 1 atom stereocenters. The molecular weight excluding hydrogens is 255 g/mol. The van der Waals surface area contributed by atoms with Crippen LogP contribution in [0.25, 0.3) is 11.0 Å². The Bertz CT molecular complexity index is 753. The number of fused-ring (bicyclic) bond motifs is 1. The summed E-state index contributed by atoms with van der Waals surface area (Å²) < 4.78 is 13.4. The van der Waals surface area contributed by atoms with Gasteiger partial charge in [0.2, 0.25) is 0 Å². The van der Waals surface area contributed by atoms with Crippen molar-refractivity contribution in [3.05, 3.63) is 71.3 Å². The maximum absolute atomic E-state index is 13.4. The van der Waals surface area contributed by atoms with Crippen LogP contribution in [0.5, 0.6) is 0 Å². The number of rotatable bonds is 2. The molecule has 0 spiro atoms. The Labute approximate surface area is 115 Å². The van der Waals surface area contributed by atoms with Crippen molar-refractivity contribution < 1.29 is 9.50 Å². The van der Waals surface area contributed by atoms with Crippen LogP contribution in [0, 0.1) is 12.7 Å². The molecule has 0 radical (unpaired) electrons. The molecular formula is C16H13FN2O. The number of benzene rings is 2. The smallest absolute Gasteiger partial charge is 0.123 e. The number of halogens is 1. The zero-order valence-corrected chi connectivity index (χ0v) is 10.9. The summed E-state index contributed by atoms with van der Waals surface area (Å²) >= 11 is 0. The lowest BCUT2D eigenvalue weighted by molar-refractivity contribution is 0.220. The highest BCUT2D eigenvalue weighted by atomic mass is 19.1. The summed E-state index contributed by atoms with van der Waals surface area (Å²) in [5, 5.41) is 10.4. The number of aliphatic hydroxyl groups excluding tert-OH is 1. The van der Waals surface area contributed by atoms with Crippen LogP contribution in [0.4, 0.5) is 4.39 Å². The molecule has 1 unspecified atom stereocenters. The lowest BCUT2D eigenvalue weighted by Gasteiger charge is -2.13. The Morgan fingerprint density at radius 3 is 2.45 bits per heavy atom. The second kappa shape index (κ2) is 4.98. The van der Waals surface area contributed by atoms with Crippen LogP contribution in [-0.4, -0.2) is 15.1 Å². The molecule has 1 aromatic heterocycles. The highest BCUT2D eigenvalue weighted by molar-refractivity contribution is 5.74. The maximum atomic E-state index is 13.4. The molecule has 100 valence electrons. The molecule has 1 N–H and O–H groups in total. The van der Waals surface area contributed by atoms with Crippen molar-refractivity contribution in [2.75, 3.05) is 0 Å². The summed E-state index contributed by atoms with van der Waals surface area (Å²) in [6, 6.07) is 9.90. The number of hydrogen-bond acceptors (Lipinski definition) is 3. The first-order valence-corrected chi connectivity index (χ1v) is 6.29. The topological polar surface area (TPSA) is 46.0 Å². The fourth-order valence-corrected chi connectivity index (χ4v) is 2.27. The number of aromatic nitrogens is 2. The molecule has 0 saturated carbocycles. The molecule has 0 saturated heterocycles. The van der Waals surface area contributed by atoms with Gasteiger partial charge in [-0.3, -0.25) is 9.97 Å². The number of nitrogens with zero attached hydrogens (tertiary/aromatic N) is 2. The van der Waals surface area contributed by atoms with E-state index in [-0.39, 0.29) is 5.82 Å². The van der Waals surface area contributed by atoms with Gasteiger partial charge in [0.25, 0.3) is 0 Å². The Balaban J connectivity index is 2.05. The van der Waals surface area contributed by atoms with Crippen LogP contribution >= 0.6 is 0 Å². The highest BCUT2D eigenvalue weighted by Gasteiger charge is 2.13. The van der Waals surface area contributed by atoms with Gasteiger partial charge in [0.15, 0.2) is 0 Å². The van der Waals surface area contributed by atoms with Crippen LogP contribution in [0.2, 0.25) is 0 Å². The summed E-state index contributed by atoms with van der Waals surface area (Å²) in [6.07, 6.45) is 2.34. The van der Waals surface area contributed by atoms with Crippen LogP contribution in [0.3, 0.4) is 0 Å². The molecule has 0 aliphatic heterocycles. The highest BCUT2D eigenvalue weighted by Crippen LogP contribution is 2.25. The molecule has 0 fully saturated rings. The fraction of sp³-hybridized carbons (Fsp3) is 0.125. The van der Waals surface area contributed by atoms with E-state index in [4.69, 9.17) is 0 Å². The van der Waals surface area contributed by atoms with Gasteiger partial charge in [0, 0.05) is 12.4 Å². The number of aliphatic hydroxyl groups is 1. The van der Waals surface area contributed by atoms with Crippen molar-refractivity contribution in [1.82, 2.24) is 9.97 Å². The first kappa shape index (κ1) is 12.7. The second-order valence-electron chi connectivity index (χ2n) is 4.77. The van der Waals surface area contributed by atoms with Gasteiger partial charge in [-0.15, -0.1) is 0 Å². The zero-order valence-electron chi connectivity index (χ0n) is 10.9. The maximum Gasteiger partial charge on any atom is 0.123 e. The molecule has 3 nitrogen and oxygen atoms in total. The van der Waals surface area contributed by atoms with Gasteiger partial charge in [-0.2, -0.15) is 0 Å². The van der Waals surface area contributed by atoms with Gasteiger partial charge in [-0.1, -0.05) is 12.1 Å². The van der Waals surface area contributed by atoms with Crippen LogP contribution in [0.15, 0.2) is 48.8 Å². The lowest BCUT2D eigenvalue weighted by atomic mass is 9.99. The van der Waals surface area contributed by atoms with Crippen LogP contribution < -0.4 is 0 Å². The van der Waals surface area contributed by atoms with Gasteiger partial charge in [0.1, 0.15) is 11.9 Å². The number of aryl methyl sites for hydroxylation is 1. The van der Waals surface area contributed by atoms with Crippen LogP contribution in [-0.2, 0) is 0 Å². The van der Waals surface area contributed by atoms with Crippen molar-refractivity contribution in [2.24, 2.45) is 0 Å². The fourth-order valence-electron chi connectivity index (χ4n) is 2.27. The molecule has 0 amide bonds. The molecule has 4 heteroatoms. The van der Waals surface area contributed by atoms with Crippen molar-refractivity contribution in [1.29, 1.82) is 0 Å². The molecule has 1 heterocycles. The zero-order chi connectivity index (χ0) is 14.1. The summed E-state index contributed by atoms with van der Waals surface area (Å²) in [4.78, 5) is 8.38. The van der Waals surface area contributed by atoms with E-state index < -0.39 is 6.10 Å². The van der Waals surface area contributed by atoms with Gasteiger partial charge in [0.05, 0.1) is 11.0 Å². The van der Waals surface area contributed by atoms with Gasteiger partial charge >= 0.3 is 0 Å². The van der Waals surface area contributed by atoms with Crippen molar-refractivity contribution in [2.45, 2.75) is 13.0 Å². The Hall–Kier alpha value is -2.33. The SMILES string of the molecule is Cc1cc(F)cc(C(O)c2ccc3nccnc3c2)c1. The molecule has 0 bridgehead atoms. The molecule has 3 rings (SSSR count). The third-order valence-corrected chi connectivity index (χ3v) is 3.19. The van der Waals surface area contributed by atoms with E-state index in [0.29, 0.717) is 16.6 Å². The van der Waals surface area contributed by atoms with Crippen LogP contribution in [0.1, 0.15) is 22.8 Å². The predicted molar refractivity (Wildman–Crippen MR) is 74.7 cm³/mol. The minimum Gasteiger partial charge on any atom is -0.384 e. The van der Waals surface area contributed by atoms with E-state index in [1.54, 1.807) is 43.6 Å². The number of hydrogen-bond donors (Lipinski definition) is 1. The van der Waals surface area contributed by atoms with E-state index in [1.807, 2.05) is 0 Å². The standard InChI is InChI=1S/C16H13FN2O/c1-10-6-12(8-13(17)7-10)16(20)11-2-3-14-15(9-11)19-5-4-18-14/h2-9,16,20H,1H3. The van der Waals surface area contributed by atoms with Crippen molar-refractivity contribution in [3.8, 4) is 0 Å². The normalized spacial score (nSPS) is 12.6. The molecule has 0 aliphatic carbocycles. The summed E-state index contributed by atoms with van der Waals surface area (Å²) in [7, 11) is 0. The average Bonchev–Trinajstić information content (AvgIpc) is 2.45. The largest absolute Gasteiger partial charge is 0.384 e. The quantitative estimate of drug-likeness (QED) is 0.776. The Morgan fingerprint density at radius 2 is 1.70 bits per heavy atom. The van der Waals surface area contributed by atoms with Crippen molar-refractivity contribution >= 4 is 11.0 Å². The summed E-state index contributed by atoms with van der Waals surface area (Å²) in [5.74, 6) is -0.348. The lowest BCUT2D eigenvalue weighted by Crippen LogP contribution is -2.01. The summed E-state index contributed by atoms with van der Waals surface area (Å²) in [5.41, 5.74) is 3.45. The molecule has 3 aromatic rings. The first-order chi connectivity index (χ1) is 9.63. The Morgan fingerprint density at radius 1 is 0.950 bits per heavy atom. The molecule has 20 heavy (non-hydrogen) atoms. The second-order valence-corrected chi connectivity index (χ2v) is 4.77. The van der Waals surface area contributed by atoms with Crippen molar-refractivity contribution in [3.63, 3.8) is 0 Å². The van der Waals surface area contributed by atoms with Gasteiger partial charge < -0.3 is 5.11 Å². The molecule has 2 aromatic carbocycles. The Kier molecular flexibility index (Phi) is 3.16. The molecule has 0 aliphatic rings. The van der Waals surface area contributed by atoms with E-state index in [2.05, 4.69) is 9.97 Å². The minimum atomic E-state index is -0.879. The van der Waals surface area contributed by atoms with Gasteiger partial charge in [-0.25, -0.2) is 4.39 Å². The van der Waals surface area contributed by atoms with E-state index in [0.717, 1.165) is 11.1 Å². The third-order valence-electron chi connectivity index (χ3n) is 3.19. The predicted octanol–water partition coefficient (Wildman–Crippen LogP) is 3.16. The average molecular weight is 268 g/mol. The minimum absolute atomic E-state index is 0.348.